The standard InChI is InChI=1S/C12H25/c1-7-9-12(5,6)11(8-2)10(3)4/h10-11H,3,7-9H2,1-2,4-6H3. The van der Waals surface area contributed by atoms with E-state index in [1.807, 2.05) is 0 Å². The summed E-state index contributed by atoms with van der Waals surface area (Å²) in [6.07, 6.45) is 3.87. The maximum absolute atomic E-state index is 4.16. The van der Waals surface area contributed by atoms with E-state index >= 15 is 0 Å². The van der Waals surface area contributed by atoms with E-state index < -0.39 is 0 Å². The van der Waals surface area contributed by atoms with Crippen molar-refractivity contribution in [3.05, 3.63) is 6.92 Å². The van der Waals surface area contributed by atoms with Gasteiger partial charge in [0.15, 0.2) is 0 Å². The van der Waals surface area contributed by atoms with Gasteiger partial charge < -0.3 is 0 Å². The predicted octanol–water partition coefficient (Wildman–Crippen LogP) is 4.31. The van der Waals surface area contributed by atoms with E-state index in [-0.39, 0.29) is 0 Å². The van der Waals surface area contributed by atoms with Crippen LogP contribution in [0.1, 0.15) is 53.9 Å². The summed E-state index contributed by atoms with van der Waals surface area (Å²) in [6.45, 7) is 15.7. The minimum absolute atomic E-state index is 0.477. The summed E-state index contributed by atoms with van der Waals surface area (Å²) < 4.78 is 0. The molecule has 0 aromatic rings. The molecule has 0 spiro atoms. The Morgan fingerprint density at radius 1 is 1.25 bits per heavy atom. The third kappa shape index (κ3) is 3.16. The second-order valence-electron chi connectivity index (χ2n) is 4.73. The van der Waals surface area contributed by atoms with Crippen molar-refractivity contribution in [2.24, 2.45) is 17.3 Å². The van der Waals surface area contributed by atoms with Crippen molar-refractivity contribution in [3.8, 4) is 0 Å². The molecule has 0 fully saturated rings. The lowest BCUT2D eigenvalue weighted by Gasteiger charge is -2.36. The van der Waals surface area contributed by atoms with Gasteiger partial charge in [-0.3, -0.25) is 0 Å². The normalized spacial score (nSPS) is 15.2. The Bertz CT molecular complexity index is 111. The van der Waals surface area contributed by atoms with Crippen molar-refractivity contribution in [2.45, 2.75) is 53.9 Å². The fourth-order valence-electron chi connectivity index (χ4n) is 2.55. The topological polar surface area (TPSA) is 0 Å². The van der Waals surface area contributed by atoms with E-state index in [1.165, 1.54) is 19.3 Å². The molecule has 2 unspecified atom stereocenters. The van der Waals surface area contributed by atoms with Gasteiger partial charge in [0.05, 0.1) is 0 Å². The van der Waals surface area contributed by atoms with Crippen LogP contribution in [-0.4, -0.2) is 0 Å². The van der Waals surface area contributed by atoms with Gasteiger partial charge in [0.25, 0.3) is 0 Å². The SMILES string of the molecule is [CH2]C(C)C(CC)C(C)(C)CCC. The molecule has 12 heavy (non-hydrogen) atoms. The van der Waals surface area contributed by atoms with E-state index in [0.29, 0.717) is 11.3 Å². The average Bonchev–Trinajstić information content (AvgIpc) is 1.86. The summed E-state index contributed by atoms with van der Waals surface area (Å²) in [5, 5.41) is 0. The van der Waals surface area contributed by atoms with Crippen molar-refractivity contribution in [1.82, 2.24) is 0 Å². The minimum atomic E-state index is 0.477. The van der Waals surface area contributed by atoms with Crippen LogP contribution in [-0.2, 0) is 0 Å². The maximum Gasteiger partial charge on any atom is -0.0324 e. The van der Waals surface area contributed by atoms with Crippen molar-refractivity contribution >= 4 is 0 Å². The van der Waals surface area contributed by atoms with Crippen molar-refractivity contribution in [3.63, 3.8) is 0 Å². The lowest BCUT2D eigenvalue weighted by atomic mass is 9.69. The van der Waals surface area contributed by atoms with E-state index in [2.05, 4.69) is 41.5 Å². The molecule has 0 saturated heterocycles. The Morgan fingerprint density at radius 2 is 1.75 bits per heavy atom. The Morgan fingerprint density at radius 3 is 2.00 bits per heavy atom. The average molecular weight is 169 g/mol. The fraction of sp³-hybridized carbons (Fsp3) is 0.917. The molecule has 0 N–H and O–H groups in total. The molecular formula is C12H25. The van der Waals surface area contributed by atoms with Gasteiger partial charge in [0.1, 0.15) is 0 Å². The number of hydrogen-bond acceptors (Lipinski definition) is 0. The highest BCUT2D eigenvalue weighted by Gasteiger charge is 2.29. The van der Waals surface area contributed by atoms with E-state index in [0.717, 1.165) is 5.92 Å². The smallest absolute Gasteiger partial charge is 0.0324 e. The van der Waals surface area contributed by atoms with Gasteiger partial charge in [0.2, 0.25) is 0 Å². The Labute approximate surface area is 78.8 Å². The molecule has 0 heterocycles. The number of hydrogen-bond donors (Lipinski definition) is 0. The molecule has 73 valence electrons. The predicted molar refractivity (Wildman–Crippen MR) is 57.0 cm³/mol. The lowest BCUT2D eigenvalue weighted by molar-refractivity contribution is 0.148. The summed E-state index contributed by atoms with van der Waals surface area (Å²) in [7, 11) is 0. The van der Waals surface area contributed by atoms with Gasteiger partial charge in [-0.2, -0.15) is 0 Å². The van der Waals surface area contributed by atoms with Gasteiger partial charge in [-0.15, -0.1) is 0 Å². The Balaban J connectivity index is 4.25. The Kier molecular flexibility index (Phi) is 4.89. The molecule has 0 aliphatic carbocycles. The van der Waals surface area contributed by atoms with Crippen LogP contribution in [0.5, 0.6) is 0 Å². The highest BCUT2D eigenvalue weighted by molar-refractivity contribution is 4.81. The third-order valence-electron chi connectivity index (χ3n) is 3.02. The summed E-state index contributed by atoms with van der Waals surface area (Å²) in [5.41, 5.74) is 0.477. The van der Waals surface area contributed by atoms with Gasteiger partial charge in [-0.25, -0.2) is 0 Å². The first kappa shape index (κ1) is 12.0. The zero-order valence-corrected chi connectivity index (χ0v) is 9.48. The largest absolute Gasteiger partial charge is 0.0654 e. The molecule has 0 aliphatic rings. The first-order valence-electron chi connectivity index (χ1n) is 5.28. The van der Waals surface area contributed by atoms with Crippen LogP contribution in [0, 0.1) is 24.2 Å². The van der Waals surface area contributed by atoms with Crippen LogP contribution >= 0.6 is 0 Å². The molecule has 0 aromatic heterocycles. The molecule has 0 amide bonds. The van der Waals surface area contributed by atoms with Crippen LogP contribution in [0.15, 0.2) is 0 Å². The summed E-state index contributed by atoms with van der Waals surface area (Å²) in [5.74, 6) is 1.36. The van der Waals surface area contributed by atoms with E-state index in [4.69, 9.17) is 0 Å². The highest BCUT2D eigenvalue weighted by atomic mass is 14.3. The van der Waals surface area contributed by atoms with Gasteiger partial charge in [-0.1, -0.05) is 54.4 Å². The van der Waals surface area contributed by atoms with Crippen LogP contribution < -0.4 is 0 Å². The molecule has 0 nitrogen and oxygen atoms in total. The molecule has 0 saturated carbocycles. The summed E-state index contributed by atoms with van der Waals surface area (Å²) in [4.78, 5) is 0. The van der Waals surface area contributed by atoms with Crippen molar-refractivity contribution in [2.75, 3.05) is 0 Å². The van der Waals surface area contributed by atoms with Crippen LogP contribution in [0.4, 0.5) is 0 Å². The van der Waals surface area contributed by atoms with Crippen molar-refractivity contribution in [1.29, 1.82) is 0 Å². The monoisotopic (exact) mass is 169 g/mol. The molecule has 0 rings (SSSR count). The lowest BCUT2D eigenvalue weighted by Crippen LogP contribution is -2.27. The van der Waals surface area contributed by atoms with Gasteiger partial charge >= 0.3 is 0 Å². The second-order valence-corrected chi connectivity index (χ2v) is 4.73. The molecule has 0 aromatic carbocycles. The van der Waals surface area contributed by atoms with Gasteiger partial charge in [-0.05, 0) is 23.7 Å². The number of rotatable bonds is 5. The molecular weight excluding hydrogens is 144 g/mol. The summed E-state index contributed by atoms with van der Waals surface area (Å²) >= 11 is 0. The van der Waals surface area contributed by atoms with E-state index in [1.54, 1.807) is 0 Å². The highest BCUT2D eigenvalue weighted by Crippen LogP contribution is 2.38. The first-order valence-corrected chi connectivity index (χ1v) is 5.28. The molecule has 2 atom stereocenters. The molecule has 0 heteroatoms. The van der Waals surface area contributed by atoms with Crippen LogP contribution in [0.25, 0.3) is 0 Å². The fourth-order valence-corrected chi connectivity index (χ4v) is 2.55. The van der Waals surface area contributed by atoms with Gasteiger partial charge in [0, 0.05) is 0 Å². The van der Waals surface area contributed by atoms with E-state index in [9.17, 15) is 0 Å². The first-order chi connectivity index (χ1) is 5.45. The Hall–Kier alpha value is 0. The zero-order valence-electron chi connectivity index (χ0n) is 9.48. The van der Waals surface area contributed by atoms with Crippen LogP contribution in [0.2, 0.25) is 0 Å². The third-order valence-corrected chi connectivity index (χ3v) is 3.02. The quantitative estimate of drug-likeness (QED) is 0.575. The zero-order chi connectivity index (χ0) is 9.78. The minimum Gasteiger partial charge on any atom is -0.0654 e. The molecule has 0 aliphatic heterocycles. The second kappa shape index (κ2) is 4.89. The van der Waals surface area contributed by atoms with Crippen molar-refractivity contribution < 1.29 is 0 Å². The maximum atomic E-state index is 4.16. The molecule has 1 radical (unpaired) electrons. The van der Waals surface area contributed by atoms with Crippen LogP contribution in [0.3, 0.4) is 0 Å². The summed E-state index contributed by atoms with van der Waals surface area (Å²) in [6, 6.07) is 0. The molecule has 0 bridgehead atoms.